The summed E-state index contributed by atoms with van der Waals surface area (Å²) in [6.45, 7) is 7.50. The second kappa shape index (κ2) is 13.6. The van der Waals surface area contributed by atoms with Crippen molar-refractivity contribution in [2.45, 2.75) is 65.8 Å². The molecule has 0 aliphatic heterocycles. The molecule has 4 aromatic rings. The maximum absolute atomic E-state index is 9.22. The van der Waals surface area contributed by atoms with E-state index >= 15 is 0 Å². The van der Waals surface area contributed by atoms with E-state index in [0.29, 0.717) is 5.56 Å². The van der Waals surface area contributed by atoms with Gasteiger partial charge in [0.15, 0.2) is 0 Å². The number of aryl methyl sites for hydroxylation is 5. The summed E-state index contributed by atoms with van der Waals surface area (Å²) in [5.74, 6) is 0. The predicted molar refractivity (Wildman–Crippen MR) is 163 cm³/mol. The monoisotopic (exact) mass is 535 g/mol. The second-order valence-corrected chi connectivity index (χ2v) is 10.6. The molecule has 0 bridgehead atoms. The molecule has 1 heterocycles. The molecule has 39 heavy (non-hydrogen) atoms. The van der Waals surface area contributed by atoms with E-state index in [1.165, 1.54) is 50.1 Å². The van der Waals surface area contributed by atoms with E-state index in [4.69, 9.17) is 11.6 Å². The first-order chi connectivity index (χ1) is 19.0. The largest absolute Gasteiger partial charge is 0.316 e. The summed E-state index contributed by atoms with van der Waals surface area (Å²) < 4.78 is 0. The average molecular weight is 536 g/mol. The fraction of sp³-hybridized carbons (Fsp3) is 0.314. The molecular weight excluding hydrogens is 498 g/mol. The third kappa shape index (κ3) is 6.77. The lowest BCUT2D eigenvalue weighted by molar-refractivity contribution is 0.795. The molecule has 0 aliphatic carbocycles. The number of rotatable bonds is 11. The standard InChI is InChI=1S/C35H38ClN3/c1-5-27-9-7-11-33(24(27)3)34-12-8-10-28(32(34)6-2)15-16-30-18-29(31(23-38-4)19-35(30)36)14-13-25-17-26(20-37)22-39-21-25/h7-12,17-19,21-22,38H,5-6,13-16,23H2,1-4H3. The van der Waals surface area contributed by atoms with E-state index in [2.05, 4.69) is 85.7 Å². The minimum absolute atomic E-state index is 0.602. The van der Waals surface area contributed by atoms with Gasteiger partial charge < -0.3 is 5.32 Å². The Morgan fingerprint density at radius 3 is 2.23 bits per heavy atom. The zero-order chi connectivity index (χ0) is 27.8. The van der Waals surface area contributed by atoms with Crippen LogP contribution in [0.15, 0.2) is 67.0 Å². The lowest BCUT2D eigenvalue weighted by Gasteiger charge is -2.18. The van der Waals surface area contributed by atoms with E-state index in [-0.39, 0.29) is 0 Å². The molecule has 0 spiro atoms. The maximum atomic E-state index is 9.22. The number of pyridine rings is 1. The smallest absolute Gasteiger partial charge is 0.101 e. The summed E-state index contributed by atoms with van der Waals surface area (Å²) in [4.78, 5) is 4.23. The molecule has 0 aliphatic rings. The third-order valence-corrected chi connectivity index (χ3v) is 8.10. The molecule has 3 nitrogen and oxygen atoms in total. The third-order valence-electron chi connectivity index (χ3n) is 7.75. The zero-order valence-electron chi connectivity index (χ0n) is 23.6. The highest BCUT2D eigenvalue weighted by molar-refractivity contribution is 6.31. The number of nitrogens with one attached hydrogen (secondary N) is 1. The van der Waals surface area contributed by atoms with Gasteiger partial charge in [-0.1, -0.05) is 67.9 Å². The lowest BCUT2D eigenvalue weighted by atomic mass is 9.87. The molecule has 0 saturated carbocycles. The van der Waals surface area contributed by atoms with Gasteiger partial charge in [-0.25, -0.2) is 0 Å². The minimum Gasteiger partial charge on any atom is -0.316 e. The van der Waals surface area contributed by atoms with E-state index in [1.54, 1.807) is 6.20 Å². The van der Waals surface area contributed by atoms with Crippen LogP contribution in [-0.2, 0) is 45.1 Å². The number of hydrogen-bond acceptors (Lipinski definition) is 3. The van der Waals surface area contributed by atoms with Crippen molar-refractivity contribution in [3.63, 3.8) is 0 Å². The van der Waals surface area contributed by atoms with Gasteiger partial charge in [0.1, 0.15) is 6.07 Å². The topological polar surface area (TPSA) is 48.7 Å². The Kier molecular flexibility index (Phi) is 9.93. The van der Waals surface area contributed by atoms with Crippen molar-refractivity contribution in [1.29, 1.82) is 5.26 Å². The van der Waals surface area contributed by atoms with E-state index in [1.807, 2.05) is 19.3 Å². The highest BCUT2D eigenvalue weighted by atomic mass is 35.5. The van der Waals surface area contributed by atoms with Crippen LogP contribution in [0.5, 0.6) is 0 Å². The Bertz CT molecular complexity index is 1480. The fourth-order valence-electron chi connectivity index (χ4n) is 5.62. The van der Waals surface area contributed by atoms with Crippen LogP contribution in [0.3, 0.4) is 0 Å². The Balaban J connectivity index is 1.60. The van der Waals surface area contributed by atoms with Gasteiger partial charge in [0.05, 0.1) is 5.56 Å². The predicted octanol–water partition coefficient (Wildman–Crippen LogP) is 8.00. The Hall–Kier alpha value is -3.45. The molecule has 1 N–H and O–H groups in total. The van der Waals surface area contributed by atoms with Crippen LogP contribution >= 0.6 is 11.6 Å². The molecule has 0 saturated heterocycles. The first kappa shape index (κ1) is 28.6. The molecule has 4 heteroatoms. The number of hydrogen-bond donors (Lipinski definition) is 1. The van der Waals surface area contributed by atoms with Crippen molar-refractivity contribution >= 4 is 11.6 Å². The molecule has 200 valence electrons. The quantitative estimate of drug-likeness (QED) is 0.212. The number of aromatic nitrogens is 1. The van der Waals surface area contributed by atoms with Crippen LogP contribution in [-0.4, -0.2) is 12.0 Å². The summed E-state index contributed by atoms with van der Waals surface area (Å²) in [6.07, 6.45) is 9.05. The summed E-state index contributed by atoms with van der Waals surface area (Å²) in [5, 5.41) is 13.3. The van der Waals surface area contributed by atoms with Crippen LogP contribution in [0, 0.1) is 18.3 Å². The summed E-state index contributed by atoms with van der Waals surface area (Å²) >= 11 is 6.84. The minimum atomic E-state index is 0.602. The van der Waals surface area contributed by atoms with Crippen molar-refractivity contribution in [2.75, 3.05) is 7.05 Å². The molecule has 0 atom stereocenters. The van der Waals surface area contributed by atoms with Crippen molar-refractivity contribution in [2.24, 2.45) is 0 Å². The number of benzene rings is 3. The fourth-order valence-corrected chi connectivity index (χ4v) is 5.90. The first-order valence-corrected chi connectivity index (χ1v) is 14.3. The van der Waals surface area contributed by atoms with Crippen molar-refractivity contribution < 1.29 is 0 Å². The van der Waals surface area contributed by atoms with Crippen LogP contribution < -0.4 is 5.32 Å². The molecule has 0 fully saturated rings. The number of halogens is 1. The lowest BCUT2D eigenvalue weighted by Crippen LogP contribution is -2.10. The second-order valence-electron chi connectivity index (χ2n) is 10.2. The summed E-state index contributed by atoms with van der Waals surface area (Å²) in [5.41, 5.74) is 13.7. The van der Waals surface area contributed by atoms with Gasteiger partial charge >= 0.3 is 0 Å². The molecule has 1 aromatic heterocycles. The Morgan fingerprint density at radius 2 is 1.51 bits per heavy atom. The van der Waals surface area contributed by atoms with Crippen molar-refractivity contribution in [3.8, 4) is 17.2 Å². The molecular formula is C35H38ClN3. The Labute approximate surface area is 238 Å². The van der Waals surface area contributed by atoms with Gasteiger partial charge in [-0.3, -0.25) is 4.98 Å². The van der Waals surface area contributed by atoms with E-state index < -0.39 is 0 Å². The first-order valence-electron chi connectivity index (χ1n) is 14.0. The van der Waals surface area contributed by atoms with Crippen LogP contribution in [0.4, 0.5) is 0 Å². The zero-order valence-corrected chi connectivity index (χ0v) is 24.3. The maximum Gasteiger partial charge on any atom is 0.101 e. The SMILES string of the molecule is CCc1cccc(-c2cccc(CCc3cc(CCc4cncc(C#N)c4)c(CNC)cc3Cl)c2CC)c1C. The normalized spacial score (nSPS) is 11.0. The Morgan fingerprint density at radius 1 is 0.795 bits per heavy atom. The molecule has 0 radical (unpaired) electrons. The van der Waals surface area contributed by atoms with Crippen LogP contribution in [0.1, 0.15) is 63.9 Å². The van der Waals surface area contributed by atoms with Gasteiger partial charge in [-0.2, -0.15) is 5.26 Å². The molecule has 0 unspecified atom stereocenters. The highest BCUT2D eigenvalue weighted by Gasteiger charge is 2.14. The van der Waals surface area contributed by atoms with Crippen LogP contribution in [0.25, 0.3) is 11.1 Å². The van der Waals surface area contributed by atoms with E-state index in [0.717, 1.165) is 55.7 Å². The highest BCUT2D eigenvalue weighted by Crippen LogP contribution is 2.32. The van der Waals surface area contributed by atoms with Crippen LogP contribution in [0.2, 0.25) is 5.02 Å². The van der Waals surface area contributed by atoms with Gasteiger partial charge in [0.2, 0.25) is 0 Å². The van der Waals surface area contributed by atoms with Gasteiger partial charge in [0, 0.05) is 24.0 Å². The summed E-state index contributed by atoms with van der Waals surface area (Å²) in [6, 6.07) is 22.0. The average Bonchev–Trinajstić information content (AvgIpc) is 2.96. The van der Waals surface area contributed by atoms with Crippen molar-refractivity contribution in [1.82, 2.24) is 10.3 Å². The number of nitrogens with zero attached hydrogens (tertiary/aromatic N) is 2. The summed E-state index contributed by atoms with van der Waals surface area (Å²) in [7, 11) is 1.96. The van der Waals surface area contributed by atoms with Gasteiger partial charge in [0.25, 0.3) is 0 Å². The van der Waals surface area contributed by atoms with Gasteiger partial charge in [-0.15, -0.1) is 0 Å². The molecule has 0 amide bonds. The molecule has 3 aromatic carbocycles. The number of nitriles is 1. The van der Waals surface area contributed by atoms with E-state index in [9.17, 15) is 5.26 Å². The molecule has 4 rings (SSSR count). The van der Waals surface area contributed by atoms with Gasteiger partial charge in [-0.05, 0) is 120 Å². The van der Waals surface area contributed by atoms with Crippen molar-refractivity contribution in [3.05, 3.63) is 122 Å².